The zero-order chi connectivity index (χ0) is 26.0. The molecule has 37 heavy (non-hydrogen) atoms. The third-order valence-corrected chi connectivity index (χ3v) is 5.38. The van der Waals surface area contributed by atoms with Gasteiger partial charge in [-0.05, 0) is 47.5 Å². The number of esters is 1. The molecule has 186 valence electrons. The van der Waals surface area contributed by atoms with Crippen LogP contribution in [0.1, 0.15) is 34.0 Å². The molecule has 4 aromatic rings. The van der Waals surface area contributed by atoms with E-state index in [2.05, 4.69) is 0 Å². The highest BCUT2D eigenvalue weighted by Gasteiger charge is 2.13. The quantitative estimate of drug-likeness (QED) is 0.119. The van der Waals surface area contributed by atoms with E-state index < -0.39 is 5.97 Å². The summed E-state index contributed by atoms with van der Waals surface area (Å²) in [5, 5.41) is 10.2. The molecular weight excluding hydrogens is 468 g/mol. The second-order valence-electron chi connectivity index (χ2n) is 8.22. The van der Waals surface area contributed by atoms with Crippen LogP contribution in [0.15, 0.2) is 103 Å². The van der Waals surface area contributed by atoms with Crippen LogP contribution in [-0.2, 0) is 18.0 Å². The summed E-state index contributed by atoms with van der Waals surface area (Å²) in [5.41, 5.74) is 2.75. The number of hydrogen-bond acceptors (Lipinski definition) is 6. The number of carbonyl (C=O) groups is 2. The van der Waals surface area contributed by atoms with Crippen molar-refractivity contribution < 1.29 is 28.9 Å². The Morgan fingerprint density at radius 3 is 2.00 bits per heavy atom. The smallest absolute Gasteiger partial charge is 0.308 e. The molecule has 0 unspecified atom stereocenters. The number of aromatic hydroxyl groups is 1. The molecule has 0 atom stereocenters. The van der Waals surface area contributed by atoms with E-state index in [9.17, 15) is 14.7 Å². The predicted octanol–water partition coefficient (Wildman–Crippen LogP) is 6.37. The van der Waals surface area contributed by atoms with Crippen molar-refractivity contribution in [3.05, 3.63) is 125 Å². The zero-order valence-corrected chi connectivity index (χ0v) is 20.3. The van der Waals surface area contributed by atoms with Crippen molar-refractivity contribution in [1.29, 1.82) is 0 Å². The fourth-order valence-corrected chi connectivity index (χ4v) is 3.54. The minimum absolute atomic E-state index is 0.118. The monoisotopic (exact) mass is 494 g/mol. The van der Waals surface area contributed by atoms with Gasteiger partial charge in [-0.3, -0.25) is 9.59 Å². The third kappa shape index (κ3) is 7.32. The van der Waals surface area contributed by atoms with Crippen molar-refractivity contribution in [1.82, 2.24) is 0 Å². The Morgan fingerprint density at radius 1 is 0.757 bits per heavy atom. The van der Waals surface area contributed by atoms with E-state index in [-0.39, 0.29) is 23.9 Å². The van der Waals surface area contributed by atoms with Gasteiger partial charge in [0.25, 0.3) is 0 Å². The summed E-state index contributed by atoms with van der Waals surface area (Å²) in [7, 11) is 0. The van der Waals surface area contributed by atoms with Crippen LogP contribution < -0.4 is 14.2 Å². The number of phenolic OH excluding ortho intramolecular Hbond substituents is 1. The highest BCUT2D eigenvalue weighted by molar-refractivity contribution is 6.08. The molecule has 0 saturated heterocycles. The highest BCUT2D eigenvalue weighted by Crippen LogP contribution is 2.29. The number of allylic oxidation sites excluding steroid dienone is 1. The predicted molar refractivity (Wildman–Crippen MR) is 141 cm³/mol. The van der Waals surface area contributed by atoms with Crippen LogP contribution in [0.4, 0.5) is 0 Å². The van der Waals surface area contributed by atoms with Gasteiger partial charge in [-0.1, -0.05) is 60.7 Å². The van der Waals surface area contributed by atoms with E-state index in [0.717, 1.165) is 11.1 Å². The summed E-state index contributed by atoms with van der Waals surface area (Å²) in [4.78, 5) is 24.2. The number of phenols is 1. The van der Waals surface area contributed by atoms with Crippen LogP contribution in [0.3, 0.4) is 0 Å². The lowest BCUT2D eigenvalue weighted by Gasteiger charge is -2.13. The summed E-state index contributed by atoms with van der Waals surface area (Å²) in [6.07, 6.45) is 2.85. The first-order valence-electron chi connectivity index (χ1n) is 11.7. The van der Waals surface area contributed by atoms with Crippen molar-refractivity contribution >= 4 is 17.8 Å². The molecule has 0 bridgehead atoms. The Balaban J connectivity index is 1.54. The maximum Gasteiger partial charge on any atom is 0.308 e. The molecule has 0 heterocycles. The number of ether oxygens (including phenoxy) is 3. The molecule has 0 aliphatic heterocycles. The largest absolute Gasteiger partial charge is 0.507 e. The molecule has 0 aliphatic rings. The molecule has 6 nitrogen and oxygen atoms in total. The molecular formula is C31H26O6. The maximum absolute atomic E-state index is 13.1. The summed E-state index contributed by atoms with van der Waals surface area (Å²) >= 11 is 0. The number of carbonyl (C=O) groups excluding carboxylic acids is 2. The lowest BCUT2D eigenvalue weighted by Crippen LogP contribution is -2.04. The Labute approximate surface area is 215 Å². The number of rotatable bonds is 10. The second kappa shape index (κ2) is 12.2. The first kappa shape index (κ1) is 25.3. The summed E-state index contributed by atoms with van der Waals surface area (Å²) in [6.45, 7) is 1.94. The van der Waals surface area contributed by atoms with Gasteiger partial charge in [0.2, 0.25) is 0 Å². The van der Waals surface area contributed by atoms with Gasteiger partial charge in [0.05, 0.1) is 5.56 Å². The van der Waals surface area contributed by atoms with Crippen LogP contribution in [0.5, 0.6) is 23.0 Å². The van der Waals surface area contributed by atoms with E-state index in [0.29, 0.717) is 29.2 Å². The van der Waals surface area contributed by atoms with Gasteiger partial charge in [0.15, 0.2) is 5.78 Å². The topological polar surface area (TPSA) is 82.1 Å². The van der Waals surface area contributed by atoms with Crippen LogP contribution in [0, 0.1) is 0 Å². The van der Waals surface area contributed by atoms with E-state index in [1.807, 2.05) is 60.7 Å². The van der Waals surface area contributed by atoms with E-state index in [1.54, 1.807) is 30.3 Å². The van der Waals surface area contributed by atoms with Crippen LogP contribution in [-0.4, -0.2) is 16.9 Å². The van der Waals surface area contributed by atoms with Crippen LogP contribution in [0.25, 0.3) is 6.08 Å². The van der Waals surface area contributed by atoms with Gasteiger partial charge >= 0.3 is 5.97 Å². The number of hydrogen-bond donors (Lipinski definition) is 1. The molecule has 4 aromatic carbocycles. The minimum Gasteiger partial charge on any atom is -0.507 e. The average molecular weight is 495 g/mol. The summed E-state index contributed by atoms with van der Waals surface area (Å²) < 4.78 is 16.9. The van der Waals surface area contributed by atoms with Crippen LogP contribution >= 0.6 is 0 Å². The first-order chi connectivity index (χ1) is 18.0. The van der Waals surface area contributed by atoms with Gasteiger partial charge in [-0.25, -0.2) is 0 Å². The van der Waals surface area contributed by atoms with Crippen LogP contribution in [0.2, 0.25) is 0 Å². The maximum atomic E-state index is 13.1. The first-order valence-corrected chi connectivity index (χ1v) is 11.7. The van der Waals surface area contributed by atoms with E-state index in [1.165, 1.54) is 25.1 Å². The lowest BCUT2D eigenvalue weighted by molar-refractivity contribution is -0.131. The van der Waals surface area contributed by atoms with Crippen molar-refractivity contribution in [3.8, 4) is 23.0 Å². The van der Waals surface area contributed by atoms with Crippen molar-refractivity contribution in [3.63, 3.8) is 0 Å². The summed E-state index contributed by atoms with van der Waals surface area (Å²) in [6, 6.07) is 29.0. The Kier molecular flexibility index (Phi) is 8.34. The molecule has 0 amide bonds. The second-order valence-corrected chi connectivity index (χ2v) is 8.22. The normalized spacial score (nSPS) is 10.7. The SMILES string of the molecule is CC(=O)Oc1ccc(C=CC(=O)c2ccc(OCc3ccccc3)cc2OCc2ccccc2)c(O)c1. The number of benzene rings is 4. The number of ketones is 1. The molecule has 6 heteroatoms. The average Bonchev–Trinajstić information content (AvgIpc) is 2.91. The van der Waals surface area contributed by atoms with Crippen molar-refractivity contribution in [2.45, 2.75) is 20.1 Å². The molecule has 0 fully saturated rings. The molecule has 4 rings (SSSR count). The highest BCUT2D eigenvalue weighted by atomic mass is 16.5. The molecule has 0 aliphatic carbocycles. The Hall–Kier alpha value is -4.84. The van der Waals surface area contributed by atoms with E-state index in [4.69, 9.17) is 14.2 Å². The zero-order valence-electron chi connectivity index (χ0n) is 20.3. The van der Waals surface area contributed by atoms with E-state index >= 15 is 0 Å². The standard InChI is InChI=1S/C31H26O6/c1-22(32)37-27-14-12-25(30(34)18-27)13-17-29(33)28-16-15-26(35-20-23-8-4-2-5-9-23)19-31(28)36-21-24-10-6-3-7-11-24/h2-19,34H,20-21H2,1H3. The molecule has 0 saturated carbocycles. The summed E-state index contributed by atoms with van der Waals surface area (Å²) in [5.74, 6) is 0.270. The Morgan fingerprint density at radius 2 is 1.38 bits per heavy atom. The van der Waals surface area contributed by atoms with Crippen molar-refractivity contribution in [2.75, 3.05) is 0 Å². The fourth-order valence-electron chi connectivity index (χ4n) is 3.54. The molecule has 1 N–H and O–H groups in total. The molecule has 0 spiro atoms. The van der Waals surface area contributed by atoms with Gasteiger partial charge in [-0.15, -0.1) is 0 Å². The fraction of sp³-hybridized carbons (Fsp3) is 0.0968. The minimum atomic E-state index is -0.489. The van der Waals surface area contributed by atoms with Crippen molar-refractivity contribution in [2.24, 2.45) is 0 Å². The lowest BCUT2D eigenvalue weighted by atomic mass is 10.1. The Bertz CT molecular complexity index is 1390. The van der Waals surface area contributed by atoms with Gasteiger partial charge in [0, 0.05) is 24.6 Å². The molecule has 0 radical (unpaired) electrons. The molecule has 0 aromatic heterocycles. The van der Waals surface area contributed by atoms with Gasteiger partial charge < -0.3 is 19.3 Å². The third-order valence-electron chi connectivity index (χ3n) is 5.38. The van der Waals surface area contributed by atoms with Gasteiger partial charge in [-0.2, -0.15) is 0 Å². The van der Waals surface area contributed by atoms with Gasteiger partial charge in [0.1, 0.15) is 36.2 Å².